The summed E-state index contributed by atoms with van der Waals surface area (Å²) in [5.74, 6) is 0. The van der Waals surface area contributed by atoms with Crippen molar-refractivity contribution in [2.45, 2.75) is 119 Å². The molecule has 0 spiro atoms. The highest BCUT2D eigenvalue weighted by Gasteiger charge is 2.53. The molecule has 3 aliphatic rings. The minimum absolute atomic E-state index is 0.344. The normalized spacial score (nSPS) is 45.9. The fourth-order valence-corrected chi connectivity index (χ4v) is 5.13. The van der Waals surface area contributed by atoms with E-state index < -0.39 is 91.8 Å². The number of rotatable bonds is 6. The zero-order valence-corrected chi connectivity index (χ0v) is 19.8. The molecule has 0 bridgehead atoms. The van der Waals surface area contributed by atoms with E-state index in [9.17, 15) is 41.0 Å². The topological polar surface area (TPSA) is 202 Å². The first-order chi connectivity index (χ1) is 15.7. The van der Waals surface area contributed by atoms with E-state index in [1.54, 1.807) is 27.7 Å². The molecular formula is C21H38NO12. The molecule has 3 saturated heterocycles. The van der Waals surface area contributed by atoms with Crippen LogP contribution >= 0.6 is 0 Å². The van der Waals surface area contributed by atoms with Gasteiger partial charge in [-0.15, -0.1) is 10.3 Å². The Labute approximate surface area is 198 Å². The van der Waals surface area contributed by atoms with Crippen molar-refractivity contribution in [1.29, 1.82) is 0 Å². The predicted octanol–water partition coefficient (Wildman–Crippen LogP) is -3.01. The third-order valence-electron chi connectivity index (χ3n) is 6.84. The molecule has 13 heteroatoms. The Balaban J connectivity index is 1.70. The van der Waals surface area contributed by atoms with Gasteiger partial charge in [0.2, 0.25) is 0 Å². The van der Waals surface area contributed by atoms with Gasteiger partial charge < -0.3 is 54.7 Å². The number of hydrogen-bond acceptors (Lipinski definition) is 12. The van der Waals surface area contributed by atoms with E-state index in [2.05, 4.69) is 0 Å². The van der Waals surface area contributed by atoms with E-state index in [1.807, 2.05) is 0 Å². The third kappa shape index (κ3) is 5.42. The van der Waals surface area contributed by atoms with Gasteiger partial charge in [0.25, 0.3) is 0 Å². The molecule has 3 fully saturated rings. The Morgan fingerprint density at radius 3 is 1.74 bits per heavy atom. The number of nitrogens with zero attached hydrogens (tertiary/aromatic N) is 1. The number of aliphatic hydroxyl groups is 7. The smallest absolute Gasteiger partial charge is 0.187 e. The molecule has 3 heterocycles. The van der Waals surface area contributed by atoms with Gasteiger partial charge >= 0.3 is 0 Å². The summed E-state index contributed by atoms with van der Waals surface area (Å²) in [5.41, 5.74) is -1.48. The van der Waals surface area contributed by atoms with Gasteiger partial charge in [-0.25, -0.2) is 0 Å². The number of hydroxylamine groups is 2. The molecule has 3 rings (SSSR count). The lowest BCUT2D eigenvalue weighted by Gasteiger charge is -2.51. The number of ether oxygens (including phenoxy) is 4. The lowest BCUT2D eigenvalue weighted by atomic mass is 9.80. The van der Waals surface area contributed by atoms with Crippen LogP contribution in [0.2, 0.25) is 0 Å². The van der Waals surface area contributed by atoms with Crippen LogP contribution in [0.25, 0.3) is 0 Å². The summed E-state index contributed by atoms with van der Waals surface area (Å²) in [6, 6.07) is 0. The molecular weight excluding hydrogens is 458 g/mol. The number of hydrogen-bond donors (Lipinski definition) is 7. The van der Waals surface area contributed by atoms with Crippen LogP contribution in [-0.4, -0.2) is 133 Å². The van der Waals surface area contributed by atoms with Crippen molar-refractivity contribution in [2.75, 3.05) is 13.2 Å². The van der Waals surface area contributed by atoms with Gasteiger partial charge in [0.05, 0.1) is 19.3 Å². The molecule has 0 aliphatic carbocycles. The van der Waals surface area contributed by atoms with Crippen molar-refractivity contribution in [1.82, 2.24) is 5.06 Å². The first kappa shape index (κ1) is 28.1. The van der Waals surface area contributed by atoms with Crippen LogP contribution in [0.15, 0.2) is 0 Å². The molecule has 0 aromatic carbocycles. The standard InChI is InChI=1S/C21H38NO12/c1-20(2)5-9(6-21(3,4)22(20)30)31-18-16(29)14(27)17(11(8-24)33-18)34-19-15(28)13(26)12(25)10(7-23)32-19/h9-19,23-29H,5-8H2,1-4H3/t10-,11-,12+,13+,14-,15-,16-,17-,18?,19+/m1/s1. The van der Waals surface area contributed by atoms with Gasteiger partial charge in [-0.1, -0.05) is 0 Å². The summed E-state index contributed by atoms with van der Waals surface area (Å²) in [7, 11) is 0. The Kier molecular flexibility index (Phi) is 8.63. The van der Waals surface area contributed by atoms with Crippen LogP contribution in [-0.2, 0) is 24.2 Å². The van der Waals surface area contributed by atoms with Gasteiger partial charge in [0.15, 0.2) is 12.6 Å². The van der Waals surface area contributed by atoms with Crippen molar-refractivity contribution < 1.29 is 59.9 Å². The largest absolute Gasteiger partial charge is 0.394 e. The second-order valence-electron chi connectivity index (χ2n) is 10.6. The van der Waals surface area contributed by atoms with Gasteiger partial charge in [-0.05, 0) is 40.5 Å². The highest BCUT2D eigenvalue weighted by molar-refractivity contribution is 4.98. The maximum atomic E-state index is 12.6. The van der Waals surface area contributed by atoms with Crippen molar-refractivity contribution >= 4 is 0 Å². The lowest BCUT2D eigenvalue weighted by Crippen LogP contribution is -2.65. The van der Waals surface area contributed by atoms with Crippen LogP contribution in [0.1, 0.15) is 40.5 Å². The van der Waals surface area contributed by atoms with E-state index in [-0.39, 0.29) is 0 Å². The first-order valence-electron chi connectivity index (χ1n) is 11.4. The molecule has 13 nitrogen and oxygen atoms in total. The molecule has 0 aromatic heterocycles. The predicted molar refractivity (Wildman–Crippen MR) is 111 cm³/mol. The van der Waals surface area contributed by atoms with Crippen LogP contribution in [0.5, 0.6) is 0 Å². The van der Waals surface area contributed by atoms with Crippen LogP contribution in [0.4, 0.5) is 0 Å². The van der Waals surface area contributed by atoms with E-state index in [0.717, 1.165) is 5.06 Å². The summed E-state index contributed by atoms with van der Waals surface area (Å²) in [5, 5.41) is 84.3. The van der Waals surface area contributed by atoms with Crippen molar-refractivity contribution in [3.63, 3.8) is 0 Å². The van der Waals surface area contributed by atoms with Crippen molar-refractivity contribution in [3.05, 3.63) is 0 Å². The average molecular weight is 497 g/mol. The molecule has 1 radical (unpaired) electrons. The summed E-state index contributed by atoms with van der Waals surface area (Å²) in [6.07, 6.45) is -14.9. The Bertz CT molecular complexity index is 658. The first-order valence-corrected chi connectivity index (χ1v) is 11.4. The van der Waals surface area contributed by atoms with E-state index in [4.69, 9.17) is 18.9 Å². The summed E-state index contributed by atoms with van der Waals surface area (Å²) in [6.45, 7) is 5.81. The maximum absolute atomic E-state index is 12.6. The number of piperidine rings is 1. The third-order valence-corrected chi connectivity index (χ3v) is 6.84. The minimum Gasteiger partial charge on any atom is -0.394 e. The van der Waals surface area contributed by atoms with Gasteiger partial charge in [-0.2, -0.15) is 0 Å². The zero-order chi connectivity index (χ0) is 25.6. The second kappa shape index (κ2) is 10.5. The zero-order valence-electron chi connectivity index (χ0n) is 19.8. The Morgan fingerprint density at radius 1 is 0.735 bits per heavy atom. The van der Waals surface area contributed by atoms with E-state index in [1.165, 1.54) is 0 Å². The minimum atomic E-state index is -1.74. The van der Waals surface area contributed by atoms with Crippen molar-refractivity contribution in [3.8, 4) is 0 Å². The Morgan fingerprint density at radius 2 is 1.21 bits per heavy atom. The summed E-state index contributed by atoms with van der Waals surface area (Å²) < 4.78 is 22.5. The highest BCUT2D eigenvalue weighted by Crippen LogP contribution is 2.40. The van der Waals surface area contributed by atoms with Crippen LogP contribution < -0.4 is 0 Å². The maximum Gasteiger partial charge on any atom is 0.187 e. The fraction of sp³-hybridized carbons (Fsp3) is 1.00. The molecule has 3 aliphatic heterocycles. The van der Waals surface area contributed by atoms with E-state index in [0.29, 0.717) is 12.8 Å². The molecule has 34 heavy (non-hydrogen) atoms. The van der Waals surface area contributed by atoms with E-state index >= 15 is 0 Å². The second-order valence-corrected chi connectivity index (χ2v) is 10.6. The molecule has 10 atom stereocenters. The molecule has 1 unspecified atom stereocenters. The molecule has 7 N–H and O–H groups in total. The lowest BCUT2D eigenvalue weighted by molar-refractivity contribution is -0.369. The SMILES string of the molecule is CC1(C)CC(OC2O[C@H](CO)[C@@H](O[C@@H]3O[C@H](CO)[C@H](O)[C@H](O)[C@H]3O)[C@H](O)[C@H]2O)CC(C)(C)N1[O]. The summed E-state index contributed by atoms with van der Waals surface area (Å²) in [4.78, 5) is 0. The fourth-order valence-electron chi connectivity index (χ4n) is 5.13. The monoisotopic (exact) mass is 496 g/mol. The molecule has 0 aromatic rings. The van der Waals surface area contributed by atoms with Crippen LogP contribution in [0, 0.1) is 0 Å². The summed E-state index contributed by atoms with van der Waals surface area (Å²) >= 11 is 0. The van der Waals surface area contributed by atoms with Gasteiger partial charge in [0.1, 0.15) is 48.8 Å². The molecule has 0 saturated carbocycles. The quantitative estimate of drug-likeness (QED) is 0.197. The highest BCUT2D eigenvalue weighted by atomic mass is 16.7. The van der Waals surface area contributed by atoms with Crippen molar-refractivity contribution in [2.24, 2.45) is 0 Å². The average Bonchev–Trinajstić information content (AvgIpc) is 2.76. The Hall–Kier alpha value is -0.520. The molecule has 199 valence electrons. The molecule has 0 amide bonds. The number of aliphatic hydroxyl groups excluding tert-OH is 7. The van der Waals surface area contributed by atoms with Crippen LogP contribution in [0.3, 0.4) is 0 Å². The van der Waals surface area contributed by atoms with Gasteiger partial charge in [-0.3, -0.25) is 0 Å². The van der Waals surface area contributed by atoms with Gasteiger partial charge in [0, 0.05) is 11.1 Å².